The minimum Gasteiger partial charge on any atom is -0.312 e. The average Bonchev–Trinajstić information content (AvgIpc) is 3.08. The first-order valence-electron chi connectivity index (χ1n) is 18.6. The zero-order valence-corrected chi connectivity index (χ0v) is 35.9. The molecule has 0 aromatic heterocycles. The molecule has 4 aromatic carbocycles. The van der Waals surface area contributed by atoms with E-state index in [2.05, 4.69) is 144 Å². The van der Waals surface area contributed by atoms with Crippen LogP contribution in [0.4, 0.5) is 0 Å². The number of hydrogen-bond donors (Lipinski definition) is 0. The second kappa shape index (κ2) is 15.2. The standard InChI is InChI=1S/C49H63O3P/c1-32(36-20-18-35(19-21-36)31-53(50,51-16)52-17)37-22-38(33(2)40-25-42(46(4,5)6)29-43(26-40)47(7,8)9)24-39(23-37)34(3)41-27-44(48(10,11)12)30-45(28-41)49(13,14)15/h18-30H,1-3,31H2,4-17H3. The summed E-state index contributed by atoms with van der Waals surface area (Å²) in [7, 11) is -0.361. The Bertz CT molecular complexity index is 1890. The van der Waals surface area contributed by atoms with E-state index in [-0.39, 0.29) is 27.8 Å². The van der Waals surface area contributed by atoms with E-state index in [0.29, 0.717) is 0 Å². The van der Waals surface area contributed by atoms with Gasteiger partial charge in [-0.2, -0.15) is 0 Å². The summed E-state index contributed by atoms with van der Waals surface area (Å²) in [6.45, 7) is 41.2. The molecule has 0 saturated carbocycles. The maximum atomic E-state index is 12.8. The summed E-state index contributed by atoms with van der Waals surface area (Å²) in [5.41, 5.74) is 14.9. The Balaban J connectivity index is 1.93. The molecular formula is C49H63O3P. The molecule has 4 heteroatoms. The van der Waals surface area contributed by atoms with Crippen molar-refractivity contribution in [3.63, 3.8) is 0 Å². The van der Waals surface area contributed by atoms with Crippen LogP contribution in [0.25, 0.3) is 16.7 Å². The smallest absolute Gasteiger partial charge is 0.312 e. The monoisotopic (exact) mass is 730 g/mol. The van der Waals surface area contributed by atoms with E-state index in [1.807, 2.05) is 24.3 Å². The molecule has 0 N–H and O–H groups in total. The zero-order valence-electron chi connectivity index (χ0n) is 35.0. The van der Waals surface area contributed by atoms with Crippen LogP contribution in [0.2, 0.25) is 0 Å². The number of benzene rings is 4. The Morgan fingerprint density at radius 3 is 0.981 bits per heavy atom. The highest BCUT2D eigenvalue weighted by molar-refractivity contribution is 7.52. The van der Waals surface area contributed by atoms with Gasteiger partial charge in [0.1, 0.15) is 0 Å². The molecule has 0 fully saturated rings. The van der Waals surface area contributed by atoms with Gasteiger partial charge >= 0.3 is 7.60 Å². The van der Waals surface area contributed by atoms with Gasteiger partial charge in [-0.15, -0.1) is 0 Å². The highest BCUT2D eigenvalue weighted by Crippen LogP contribution is 2.50. The van der Waals surface area contributed by atoms with E-state index < -0.39 is 7.60 Å². The second-order valence-corrected chi connectivity index (χ2v) is 20.9. The molecule has 0 bridgehead atoms. The molecular weight excluding hydrogens is 668 g/mol. The van der Waals surface area contributed by atoms with E-state index >= 15 is 0 Å². The van der Waals surface area contributed by atoms with E-state index in [1.54, 1.807) is 0 Å². The molecule has 0 amide bonds. The molecule has 0 atom stereocenters. The first kappa shape index (κ1) is 42.0. The lowest BCUT2D eigenvalue weighted by Crippen LogP contribution is -2.17. The SMILES string of the molecule is C=C(c1ccc(CP(=O)(OC)OC)cc1)c1cc(C(=C)c2cc(C(C)(C)C)cc(C(C)(C)C)c2)cc(C(=C)c2cc(C(C)(C)C)cc(C(C)(C)C)c2)c1. The van der Waals surface area contributed by atoms with Crippen molar-refractivity contribution in [3.05, 3.63) is 160 Å². The maximum absolute atomic E-state index is 12.8. The van der Waals surface area contributed by atoms with E-state index in [0.717, 1.165) is 55.7 Å². The Morgan fingerprint density at radius 2 is 0.717 bits per heavy atom. The number of rotatable bonds is 10. The lowest BCUT2D eigenvalue weighted by Gasteiger charge is -2.27. The lowest BCUT2D eigenvalue weighted by atomic mass is 9.77. The molecule has 0 aliphatic carbocycles. The highest BCUT2D eigenvalue weighted by Gasteiger charge is 2.25. The third-order valence-corrected chi connectivity index (χ3v) is 12.1. The molecule has 3 nitrogen and oxygen atoms in total. The summed E-state index contributed by atoms with van der Waals surface area (Å²) < 4.78 is 23.2. The molecule has 0 unspecified atom stereocenters. The molecule has 53 heavy (non-hydrogen) atoms. The molecule has 0 aliphatic heterocycles. The van der Waals surface area contributed by atoms with Gasteiger partial charge in [0, 0.05) is 14.2 Å². The summed E-state index contributed by atoms with van der Waals surface area (Å²) in [5.74, 6) is 0. The predicted molar refractivity (Wildman–Crippen MR) is 230 cm³/mol. The minimum absolute atomic E-state index is 0.0267. The molecule has 0 aliphatic rings. The molecule has 0 saturated heterocycles. The lowest BCUT2D eigenvalue weighted by molar-refractivity contribution is 0.275. The fraction of sp³-hybridized carbons (Fsp3) is 0.388. The Labute approximate surface area is 321 Å². The minimum atomic E-state index is -3.19. The van der Waals surface area contributed by atoms with Crippen LogP contribution in [-0.2, 0) is 41.4 Å². The predicted octanol–water partition coefficient (Wildman–Crippen LogP) is 14.0. The summed E-state index contributed by atoms with van der Waals surface area (Å²) >= 11 is 0. The van der Waals surface area contributed by atoms with Crippen molar-refractivity contribution in [1.82, 2.24) is 0 Å². The molecule has 282 valence electrons. The van der Waals surface area contributed by atoms with Crippen LogP contribution in [0.15, 0.2) is 98.6 Å². The van der Waals surface area contributed by atoms with Gasteiger partial charge in [0.25, 0.3) is 0 Å². The van der Waals surface area contributed by atoms with Crippen LogP contribution < -0.4 is 0 Å². The van der Waals surface area contributed by atoms with Crippen LogP contribution in [0, 0.1) is 0 Å². The van der Waals surface area contributed by atoms with Crippen LogP contribution >= 0.6 is 7.60 Å². The number of hydrogen-bond acceptors (Lipinski definition) is 3. The molecule has 4 rings (SSSR count). The first-order chi connectivity index (χ1) is 24.3. The van der Waals surface area contributed by atoms with Crippen LogP contribution in [0.5, 0.6) is 0 Å². The van der Waals surface area contributed by atoms with E-state index in [1.165, 1.54) is 36.5 Å². The van der Waals surface area contributed by atoms with Gasteiger partial charge in [0.15, 0.2) is 0 Å². The van der Waals surface area contributed by atoms with Crippen molar-refractivity contribution in [2.45, 2.75) is 111 Å². The second-order valence-electron chi connectivity index (χ2n) is 18.7. The fourth-order valence-electron chi connectivity index (χ4n) is 6.22. The Kier molecular flexibility index (Phi) is 12.0. The van der Waals surface area contributed by atoms with Crippen molar-refractivity contribution in [1.29, 1.82) is 0 Å². The van der Waals surface area contributed by atoms with Crippen molar-refractivity contribution < 1.29 is 13.6 Å². The maximum Gasteiger partial charge on any atom is 0.334 e. The van der Waals surface area contributed by atoms with Gasteiger partial charge in [-0.3, -0.25) is 4.57 Å². The van der Waals surface area contributed by atoms with Crippen LogP contribution in [0.1, 0.15) is 144 Å². The van der Waals surface area contributed by atoms with Gasteiger partial charge in [0.2, 0.25) is 0 Å². The van der Waals surface area contributed by atoms with Crippen molar-refractivity contribution in [2.75, 3.05) is 14.2 Å². The van der Waals surface area contributed by atoms with Gasteiger partial charge in [0.05, 0.1) is 6.16 Å². The third-order valence-electron chi connectivity index (χ3n) is 10.2. The zero-order chi connectivity index (χ0) is 39.9. The summed E-state index contributed by atoms with van der Waals surface area (Å²) in [5, 5.41) is 0. The summed E-state index contributed by atoms with van der Waals surface area (Å²) in [4.78, 5) is 0. The molecule has 0 heterocycles. The quantitative estimate of drug-likeness (QED) is 0.152. The summed E-state index contributed by atoms with van der Waals surface area (Å²) in [6, 6.07) is 28.5. The average molecular weight is 731 g/mol. The molecule has 0 spiro atoms. The van der Waals surface area contributed by atoms with Crippen LogP contribution in [0.3, 0.4) is 0 Å². The van der Waals surface area contributed by atoms with Gasteiger partial charge in [-0.25, -0.2) is 0 Å². The van der Waals surface area contributed by atoms with Gasteiger partial charge in [-0.05, 0) is 118 Å². The largest absolute Gasteiger partial charge is 0.334 e. The van der Waals surface area contributed by atoms with Crippen molar-refractivity contribution in [3.8, 4) is 0 Å². The van der Waals surface area contributed by atoms with Crippen LogP contribution in [-0.4, -0.2) is 14.2 Å². The molecule has 0 radical (unpaired) electrons. The Morgan fingerprint density at radius 1 is 0.453 bits per heavy atom. The van der Waals surface area contributed by atoms with Crippen molar-refractivity contribution >= 4 is 24.3 Å². The molecule has 4 aromatic rings. The van der Waals surface area contributed by atoms with Crippen molar-refractivity contribution in [2.24, 2.45) is 0 Å². The highest BCUT2D eigenvalue weighted by atomic mass is 31.2. The van der Waals surface area contributed by atoms with E-state index in [4.69, 9.17) is 22.2 Å². The third kappa shape index (κ3) is 10.1. The topological polar surface area (TPSA) is 35.5 Å². The van der Waals surface area contributed by atoms with Gasteiger partial charge < -0.3 is 9.05 Å². The van der Waals surface area contributed by atoms with Gasteiger partial charge in [-0.1, -0.05) is 163 Å². The summed E-state index contributed by atoms with van der Waals surface area (Å²) in [6.07, 6.45) is 0.195. The Hall–Kier alpha value is -3.75. The fourth-order valence-corrected chi connectivity index (χ4v) is 7.29. The normalized spacial score (nSPS) is 12.9. The first-order valence-corrected chi connectivity index (χ1v) is 20.3. The van der Waals surface area contributed by atoms with E-state index in [9.17, 15) is 4.57 Å².